The van der Waals surface area contributed by atoms with Gasteiger partial charge < -0.3 is 14.2 Å². The highest BCUT2D eigenvalue weighted by Gasteiger charge is 2.23. The van der Waals surface area contributed by atoms with E-state index in [-0.39, 0.29) is 5.91 Å². The average Bonchev–Trinajstić information content (AvgIpc) is 3.23. The zero-order chi connectivity index (χ0) is 17.1. The number of hydrogen-bond donors (Lipinski definition) is 0. The molecule has 0 spiro atoms. The molecule has 1 saturated heterocycles. The number of pyridine rings is 1. The van der Waals surface area contributed by atoms with Gasteiger partial charge in [-0.3, -0.25) is 9.78 Å². The summed E-state index contributed by atoms with van der Waals surface area (Å²) in [5, 5.41) is 8.51. The molecule has 0 radical (unpaired) electrons. The number of anilines is 1. The molecule has 126 valence electrons. The Morgan fingerprint density at radius 1 is 1.00 bits per heavy atom. The number of rotatable bonds is 3. The molecule has 1 aliphatic heterocycles. The highest BCUT2D eigenvalue weighted by atomic mass is 16.3. The number of carbonyl (C=O) groups is 1. The Labute approximate surface area is 144 Å². The number of nitrogens with zero attached hydrogens (tertiary/aromatic N) is 5. The van der Waals surface area contributed by atoms with Gasteiger partial charge in [0.05, 0.1) is 11.8 Å². The van der Waals surface area contributed by atoms with Gasteiger partial charge in [-0.1, -0.05) is 0 Å². The Morgan fingerprint density at radius 3 is 2.52 bits per heavy atom. The van der Waals surface area contributed by atoms with E-state index in [9.17, 15) is 4.79 Å². The molecule has 0 aliphatic carbocycles. The molecule has 0 unspecified atom stereocenters. The Bertz CT molecular complexity index is 826. The van der Waals surface area contributed by atoms with Crippen LogP contribution in [0.15, 0.2) is 59.5 Å². The van der Waals surface area contributed by atoms with E-state index >= 15 is 0 Å². The van der Waals surface area contributed by atoms with E-state index in [2.05, 4.69) is 20.1 Å². The lowest BCUT2D eigenvalue weighted by atomic mass is 10.2. The molecule has 4 heterocycles. The first-order chi connectivity index (χ1) is 12.3. The monoisotopic (exact) mass is 335 g/mol. The first kappa shape index (κ1) is 15.3. The van der Waals surface area contributed by atoms with Gasteiger partial charge in [0.1, 0.15) is 5.69 Å². The zero-order valence-corrected chi connectivity index (χ0v) is 13.6. The number of furan rings is 1. The number of hydrogen-bond acceptors (Lipinski definition) is 6. The Hall–Kier alpha value is -3.22. The summed E-state index contributed by atoms with van der Waals surface area (Å²) in [6.07, 6.45) is 4.89. The fourth-order valence-electron chi connectivity index (χ4n) is 2.86. The van der Waals surface area contributed by atoms with E-state index < -0.39 is 0 Å². The van der Waals surface area contributed by atoms with Crippen LogP contribution in [0.4, 0.5) is 5.82 Å². The van der Waals surface area contributed by atoms with Crippen molar-refractivity contribution in [2.24, 2.45) is 0 Å². The molecule has 0 N–H and O–H groups in total. The van der Waals surface area contributed by atoms with Crippen molar-refractivity contribution in [3.05, 3.63) is 60.6 Å². The van der Waals surface area contributed by atoms with E-state index in [1.54, 1.807) is 30.8 Å². The minimum absolute atomic E-state index is 0.0204. The molecule has 0 saturated carbocycles. The van der Waals surface area contributed by atoms with Gasteiger partial charge in [-0.25, -0.2) is 0 Å². The van der Waals surface area contributed by atoms with Gasteiger partial charge in [-0.05, 0) is 36.4 Å². The summed E-state index contributed by atoms with van der Waals surface area (Å²) in [6.45, 7) is 2.74. The van der Waals surface area contributed by atoms with Crippen molar-refractivity contribution in [2.75, 3.05) is 31.1 Å². The molecule has 3 aromatic rings. The van der Waals surface area contributed by atoms with Crippen LogP contribution >= 0.6 is 0 Å². The topological polar surface area (TPSA) is 75.4 Å². The van der Waals surface area contributed by atoms with E-state index in [1.807, 2.05) is 29.2 Å². The van der Waals surface area contributed by atoms with Crippen LogP contribution in [-0.2, 0) is 0 Å². The van der Waals surface area contributed by atoms with E-state index in [0.29, 0.717) is 30.1 Å². The van der Waals surface area contributed by atoms with Crippen LogP contribution < -0.4 is 4.90 Å². The molecule has 25 heavy (non-hydrogen) atoms. The first-order valence-corrected chi connectivity index (χ1v) is 8.13. The molecule has 3 aromatic heterocycles. The second-order valence-corrected chi connectivity index (χ2v) is 5.78. The molecule has 0 bridgehead atoms. The standard InChI is InChI=1S/C18H17N5O2/c24-18(14-3-1-7-19-13-14)23-10-8-22(9-11-23)17-6-5-15(20-21-17)16-4-2-12-25-16/h1-7,12-13H,8-11H2. The second-order valence-electron chi connectivity index (χ2n) is 5.78. The lowest BCUT2D eigenvalue weighted by molar-refractivity contribution is 0.0746. The first-order valence-electron chi connectivity index (χ1n) is 8.13. The SMILES string of the molecule is O=C(c1cccnc1)N1CCN(c2ccc(-c3ccco3)nn2)CC1. The molecule has 1 aliphatic rings. The Kier molecular flexibility index (Phi) is 4.12. The molecule has 0 aromatic carbocycles. The summed E-state index contributed by atoms with van der Waals surface area (Å²) in [6, 6.07) is 11.1. The van der Waals surface area contributed by atoms with Crippen LogP contribution in [0.3, 0.4) is 0 Å². The average molecular weight is 335 g/mol. The molecule has 7 heteroatoms. The van der Waals surface area contributed by atoms with Gasteiger partial charge >= 0.3 is 0 Å². The third-order valence-corrected chi connectivity index (χ3v) is 4.22. The van der Waals surface area contributed by atoms with Crippen molar-refractivity contribution < 1.29 is 9.21 Å². The number of amides is 1. The van der Waals surface area contributed by atoms with E-state index in [1.165, 1.54) is 0 Å². The van der Waals surface area contributed by atoms with Gasteiger partial charge in [0.2, 0.25) is 0 Å². The third kappa shape index (κ3) is 3.21. The predicted molar refractivity (Wildman–Crippen MR) is 92.1 cm³/mol. The Balaban J connectivity index is 1.39. The summed E-state index contributed by atoms with van der Waals surface area (Å²) in [7, 11) is 0. The van der Waals surface area contributed by atoms with Crippen molar-refractivity contribution in [3.63, 3.8) is 0 Å². The van der Waals surface area contributed by atoms with Gasteiger partial charge in [-0.2, -0.15) is 0 Å². The maximum Gasteiger partial charge on any atom is 0.255 e. The van der Waals surface area contributed by atoms with E-state index in [4.69, 9.17) is 4.42 Å². The van der Waals surface area contributed by atoms with Crippen LogP contribution in [0, 0.1) is 0 Å². The molecule has 1 fully saturated rings. The second kappa shape index (κ2) is 6.72. The van der Waals surface area contributed by atoms with Gasteiger partial charge in [0.15, 0.2) is 11.6 Å². The van der Waals surface area contributed by atoms with Crippen molar-refractivity contribution in [3.8, 4) is 11.5 Å². The van der Waals surface area contributed by atoms with Crippen molar-refractivity contribution in [1.82, 2.24) is 20.1 Å². The maximum absolute atomic E-state index is 12.4. The molecule has 0 atom stereocenters. The molecule has 7 nitrogen and oxygen atoms in total. The van der Waals surface area contributed by atoms with Crippen LogP contribution in [-0.4, -0.2) is 52.2 Å². The predicted octanol–water partition coefficient (Wildman–Crippen LogP) is 2.09. The highest BCUT2D eigenvalue weighted by Crippen LogP contribution is 2.20. The number of piperazine rings is 1. The fraction of sp³-hybridized carbons (Fsp3) is 0.222. The summed E-state index contributed by atoms with van der Waals surface area (Å²) < 4.78 is 5.32. The summed E-state index contributed by atoms with van der Waals surface area (Å²) >= 11 is 0. The summed E-state index contributed by atoms with van der Waals surface area (Å²) in [5.41, 5.74) is 1.33. The van der Waals surface area contributed by atoms with Crippen LogP contribution in [0.2, 0.25) is 0 Å². The van der Waals surface area contributed by atoms with Crippen molar-refractivity contribution in [1.29, 1.82) is 0 Å². The number of aromatic nitrogens is 3. The summed E-state index contributed by atoms with van der Waals surface area (Å²) in [5.74, 6) is 1.53. The fourth-order valence-corrected chi connectivity index (χ4v) is 2.86. The van der Waals surface area contributed by atoms with Gasteiger partial charge in [0.25, 0.3) is 5.91 Å². The lowest BCUT2D eigenvalue weighted by Gasteiger charge is -2.35. The maximum atomic E-state index is 12.4. The molecule has 4 rings (SSSR count). The third-order valence-electron chi connectivity index (χ3n) is 4.22. The minimum atomic E-state index is 0.0204. The Morgan fingerprint density at radius 2 is 1.88 bits per heavy atom. The normalized spacial score (nSPS) is 14.6. The summed E-state index contributed by atoms with van der Waals surface area (Å²) in [4.78, 5) is 20.4. The van der Waals surface area contributed by atoms with Crippen LogP contribution in [0.25, 0.3) is 11.5 Å². The van der Waals surface area contributed by atoms with E-state index in [0.717, 1.165) is 18.9 Å². The zero-order valence-electron chi connectivity index (χ0n) is 13.6. The quantitative estimate of drug-likeness (QED) is 0.729. The lowest BCUT2D eigenvalue weighted by Crippen LogP contribution is -2.49. The minimum Gasteiger partial charge on any atom is -0.463 e. The molecule has 1 amide bonds. The molecular weight excluding hydrogens is 318 g/mol. The van der Waals surface area contributed by atoms with Crippen LogP contribution in [0.1, 0.15) is 10.4 Å². The van der Waals surface area contributed by atoms with Crippen molar-refractivity contribution >= 4 is 11.7 Å². The van der Waals surface area contributed by atoms with Gasteiger partial charge in [0, 0.05) is 38.6 Å². The van der Waals surface area contributed by atoms with Crippen molar-refractivity contribution in [2.45, 2.75) is 0 Å². The van der Waals surface area contributed by atoms with Gasteiger partial charge in [-0.15, -0.1) is 10.2 Å². The highest BCUT2D eigenvalue weighted by molar-refractivity contribution is 5.94. The smallest absolute Gasteiger partial charge is 0.255 e. The largest absolute Gasteiger partial charge is 0.463 e. The molecular formula is C18H17N5O2. The number of carbonyl (C=O) groups excluding carboxylic acids is 1. The van der Waals surface area contributed by atoms with Crippen LogP contribution in [0.5, 0.6) is 0 Å².